The Bertz CT molecular complexity index is 1560. The molecule has 3 atom stereocenters. The summed E-state index contributed by atoms with van der Waals surface area (Å²) in [6.45, 7) is 4.77. The summed E-state index contributed by atoms with van der Waals surface area (Å²) in [6.07, 6.45) is 4.36. The van der Waals surface area contributed by atoms with Gasteiger partial charge in [0.15, 0.2) is 5.13 Å². The zero-order valence-electron chi connectivity index (χ0n) is 22.3. The Morgan fingerprint density at radius 2 is 2.22 bits per heavy atom. The molecular formula is C24H29N10O5S2+. The number of aromatic nitrogens is 5. The van der Waals surface area contributed by atoms with Gasteiger partial charge < -0.3 is 31.3 Å². The molecule has 0 bridgehead atoms. The number of β-lactam (4-membered cyclic amide) rings is 1. The number of imidazole rings is 1. The number of aryl methyl sites for hydroxylation is 1. The number of nitrogens with zero attached hydrogens (tertiary/aromatic N) is 7. The molecule has 2 amide bonds. The molecule has 15 nitrogen and oxygen atoms in total. The maximum Gasteiger partial charge on any atom is 0.352 e. The minimum Gasteiger partial charge on any atom is -0.477 e. The van der Waals surface area contributed by atoms with Gasteiger partial charge in [-0.2, -0.15) is 9.36 Å². The highest BCUT2D eigenvalue weighted by Gasteiger charge is 2.54. The first-order valence-corrected chi connectivity index (χ1v) is 14.6. The molecule has 5 heterocycles. The summed E-state index contributed by atoms with van der Waals surface area (Å²) in [7, 11) is 0. The number of rotatable bonds is 11. The van der Waals surface area contributed by atoms with Crippen molar-refractivity contribution in [3.8, 4) is 0 Å². The van der Waals surface area contributed by atoms with Crippen LogP contribution in [-0.4, -0.2) is 82.2 Å². The van der Waals surface area contributed by atoms with Crippen LogP contribution in [0.1, 0.15) is 26.1 Å². The Kier molecular flexibility index (Phi) is 8.18. The van der Waals surface area contributed by atoms with E-state index in [1.54, 1.807) is 13.3 Å². The van der Waals surface area contributed by atoms with Crippen LogP contribution >= 0.6 is 23.3 Å². The lowest BCUT2D eigenvalue weighted by molar-refractivity contribution is -0.664. The number of amides is 2. The SMILES string of the molecule is CCO/N=C(\C(=O)NC1C(=O)N2C(C(=O)O)=C(C[n+]3cccc4c3ncn4CC[C@H](C)N)CSC12)c1nsc(N)n1. The van der Waals surface area contributed by atoms with Crippen LogP contribution in [-0.2, 0) is 32.3 Å². The second-order valence-electron chi connectivity index (χ2n) is 9.48. The molecule has 0 aliphatic carbocycles. The van der Waals surface area contributed by atoms with Gasteiger partial charge in [0.1, 0.15) is 35.8 Å². The molecule has 0 spiro atoms. The molecular weight excluding hydrogens is 572 g/mol. The van der Waals surface area contributed by atoms with E-state index in [9.17, 15) is 19.5 Å². The molecule has 2 unspecified atom stereocenters. The van der Waals surface area contributed by atoms with Crippen molar-refractivity contribution in [2.24, 2.45) is 10.9 Å². The molecule has 2 aliphatic heterocycles. The van der Waals surface area contributed by atoms with Gasteiger partial charge in [-0.1, -0.05) is 5.16 Å². The van der Waals surface area contributed by atoms with Crippen LogP contribution in [0.2, 0.25) is 0 Å². The highest BCUT2D eigenvalue weighted by Crippen LogP contribution is 2.40. The number of carboxylic acids is 1. The molecule has 1 fully saturated rings. The molecule has 3 aromatic heterocycles. The molecule has 0 saturated carbocycles. The predicted molar refractivity (Wildman–Crippen MR) is 150 cm³/mol. The van der Waals surface area contributed by atoms with Crippen molar-refractivity contribution < 1.29 is 28.9 Å². The second kappa shape index (κ2) is 11.8. The van der Waals surface area contributed by atoms with Crippen LogP contribution in [0.25, 0.3) is 11.2 Å². The van der Waals surface area contributed by atoms with Crippen molar-refractivity contribution in [2.45, 2.75) is 50.8 Å². The zero-order chi connectivity index (χ0) is 29.3. The van der Waals surface area contributed by atoms with E-state index in [0.29, 0.717) is 23.5 Å². The van der Waals surface area contributed by atoms with Crippen LogP contribution in [0, 0.1) is 0 Å². The fourth-order valence-electron chi connectivity index (χ4n) is 4.59. The van der Waals surface area contributed by atoms with E-state index in [1.807, 2.05) is 34.4 Å². The van der Waals surface area contributed by atoms with Gasteiger partial charge in [-0.15, -0.1) is 11.8 Å². The van der Waals surface area contributed by atoms with Gasteiger partial charge in [-0.25, -0.2) is 9.36 Å². The van der Waals surface area contributed by atoms with Gasteiger partial charge in [-0.05, 0) is 37.4 Å². The molecule has 41 heavy (non-hydrogen) atoms. The summed E-state index contributed by atoms with van der Waals surface area (Å²) < 4.78 is 7.88. The number of oxime groups is 1. The molecule has 3 aromatic rings. The lowest BCUT2D eigenvalue weighted by Gasteiger charge is -2.49. The molecule has 0 aromatic carbocycles. The first-order valence-electron chi connectivity index (χ1n) is 12.8. The summed E-state index contributed by atoms with van der Waals surface area (Å²) in [5.74, 6) is -2.20. The normalized spacial score (nSPS) is 19.6. The Labute approximate surface area is 242 Å². The minimum atomic E-state index is -1.22. The van der Waals surface area contributed by atoms with Gasteiger partial charge >= 0.3 is 11.6 Å². The molecule has 216 valence electrons. The number of anilines is 1. The number of nitrogens with one attached hydrogen (secondary N) is 1. The first kappa shape index (κ1) is 28.4. The van der Waals surface area contributed by atoms with Gasteiger partial charge in [0.05, 0.1) is 6.20 Å². The average molecular weight is 602 g/mol. The highest BCUT2D eigenvalue weighted by molar-refractivity contribution is 8.00. The average Bonchev–Trinajstić information content (AvgIpc) is 3.57. The van der Waals surface area contributed by atoms with Crippen LogP contribution in [0.5, 0.6) is 0 Å². The Morgan fingerprint density at radius 3 is 2.90 bits per heavy atom. The van der Waals surface area contributed by atoms with E-state index in [4.69, 9.17) is 16.3 Å². The Morgan fingerprint density at radius 1 is 1.41 bits per heavy atom. The van der Waals surface area contributed by atoms with Crippen molar-refractivity contribution in [1.82, 2.24) is 29.1 Å². The smallest absolute Gasteiger partial charge is 0.352 e. The maximum atomic E-state index is 13.2. The number of carboxylic acid groups (broad SMARTS) is 1. The predicted octanol–water partition coefficient (Wildman–Crippen LogP) is -0.326. The summed E-state index contributed by atoms with van der Waals surface area (Å²) in [4.78, 5) is 53.4. The summed E-state index contributed by atoms with van der Waals surface area (Å²) in [5, 5.41) is 16.1. The Hall–Kier alpha value is -4.09. The third kappa shape index (κ3) is 5.59. The number of hydrogen-bond acceptors (Lipinski definition) is 12. The lowest BCUT2D eigenvalue weighted by atomic mass is 10.0. The van der Waals surface area contributed by atoms with Gasteiger partial charge in [0.2, 0.25) is 17.9 Å². The van der Waals surface area contributed by atoms with Crippen LogP contribution in [0.4, 0.5) is 5.13 Å². The van der Waals surface area contributed by atoms with Gasteiger partial charge in [0, 0.05) is 35.4 Å². The third-order valence-electron chi connectivity index (χ3n) is 6.53. The molecule has 2 aliphatic rings. The van der Waals surface area contributed by atoms with Crippen molar-refractivity contribution in [3.05, 3.63) is 41.8 Å². The van der Waals surface area contributed by atoms with Gasteiger partial charge in [0.25, 0.3) is 11.8 Å². The van der Waals surface area contributed by atoms with E-state index < -0.39 is 29.2 Å². The van der Waals surface area contributed by atoms with Gasteiger partial charge in [-0.3, -0.25) is 14.5 Å². The monoisotopic (exact) mass is 601 g/mol. The number of carbonyl (C=O) groups excluding carboxylic acids is 2. The van der Waals surface area contributed by atoms with Crippen molar-refractivity contribution in [3.63, 3.8) is 0 Å². The lowest BCUT2D eigenvalue weighted by Crippen LogP contribution is -2.71. The number of carbonyl (C=O) groups is 3. The summed E-state index contributed by atoms with van der Waals surface area (Å²) >= 11 is 2.25. The number of aliphatic carboxylic acids is 1. The van der Waals surface area contributed by atoms with Crippen LogP contribution in [0.3, 0.4) is 0 Å². The molecule has 1 saturated heterocycles. The van der Waals surface area contributed by atoms with Crippen molar-refractivity contribution in [2.75, 3.05) is 18.1 Å². The number of nitrogens with two attached hydrogens (primary N) is 2. The number of pyridine rings is 1. The highest BCUT2D eigenvalue weighted by atomic mass is 32.2. The molecule has 6 N–H and O–H groups in total. The quantitative estimate of drug-likeness (QED) is 0.0968. The van der Waals surface area contributed by atoms with Crippen molar-refractivity contribution in [1.29, 1.82) is 0 Å². The number of nitrogen functional groups attached to an aromatic ring is 1. The topological polar surface area (TPSA) is 208 Å². The van der Waals surface area contributed by atoms with Crippen molar-refractivity contribution >= 4 is 63.1 Å². The molecule has 0 radical (unpaired) electrons. The Balaban J connectivity index is 1.36. The largest absolute Gasteiger partial charge is 0.477 e. The molecule has 17 heteroatoms. The van der Waals surface area contributed by atoms with Crippen LogP contribution < -0.4 is 21.4 Å². The minimum absolute atomic E-state index is 0.0297. The fourth-order valence-corrected chi connectivity index (χ4v) is 6.36. The second-order valence-corrected chi connectivity index (χ2v) is 11.4. The maximum absolute atomic E-state index is 13.2. The first-order chi connectivity index (χ1) is 19.7. The van der Waals surface area contributed by atoms with E-state index in [2.05, 4.69) is 24.8 Å². The molecule has 5 rings (SSSR count). The third-order valence-corrected chi connectivity index (χ3v) is 8.41. The van der Waals surface area contributed by atoms with Crippen LogP contribution in [0.15, 0.2) is 41.1 Å². The van der Waals surface area contributed by atoms with E-state index in [-0.39, 0.29) is 41.6 Å². The summed E-state index contributed by atoms with van der Waals surface area (Å²) in [5.41, 5.74) is 13.4. The van der Waals surface area contributed by atoms with E-state index in [0.717, 1.165) is 23.5 Å². The standard InChI is InChI=1S/C24H28N10O5S2/c1-3-39-30-15(18-29-24(26)41-31-18)20(35)28-16-21(36)34-17(23(37)38)13(10-40-22(16)34)9-32-7-4-5-14-19(32)27-11-33(14)8-6-12(2)25/h4-5,7,11-12,16,22H,3,6,8-10,25H2,1-2H3,(H3-,26,28,29,31,35,37,38)/p+1/b30-15-/t12-,16?,22?/m0/s1. The van der Waals surface area contributed by atoms with E-state index >= 15 is 0 Å². The number of fused-ring (bicyclic) bond motifs is 2. The number of thioether (sulfide) groups is 1. The number of hydrogen-bond donors (Lipinski definition) is 4. The fraction of sp³-hybridized carbons (Fsp3) is 0.417. The summed E-state index contributed by atoms with van der Waals surface area (Å²) in [6, 6.07) is 2.90. The zero-order valence-corrected chi connectivity index (χ0v) is 23.9. The van der Waals surface area contributed by atoms with E-state index in [1.165, 1.54) is 16.7 Å².